The normalized spacial score (nSPS) is 11.7. The van der Waals surface area contributed by atoms with Crippen molar-refractivity contribution in [2.45, 2.75) is 24.2 Å². The van der Waals surface area contributed by atoms with E-state index in [4.69, 9.17) is 9.84 Å². The molecule has 1 heterocycles. The van der Waals surface area contributed by atoms with Crippen molar-refractivity contribution in [1.82, 2.24) is 9.97 Å². The van der Waals surface area contributed by atoms with Crippen molar-refractivity contribution in [1.29, 1.82) is 0 Å². The van der Waals surface area contributed by atoms with Gasteiger partial charge in [-0.3, -0.25) is 4.79 Å². The van der Waals surface area contributed by atoms with E-state index < -0.39 is 28.0 Å². The maximum absolute atomic E-state index is 14.8. The number of aliphatic carboxylic acids is 1. The third-order valence-corrected chi connectivity index (χ3v) is 7.13. The van der Waals surface area contributed by atoms with E-state index in [2.05, 4.69) is 9.97 Å². The molecule has 0 aliphatic heterocycles. The third kappa shape index (κ3) is 5.46. The molecule has 0 amide bonds. The summed E-state index contributed by atoms with van der Waals surface area (Å²) in [5.74, 6) is -1.79. The van der Waals surface area contributed by atoms with Crippen molar-refractivity contribution in [3.8, 4) is 22.8 Å². The molecule has 0 spiro atoms. The molecule has 186 valence electrons. The second-order valence-electron chi connectivity index (χ2n) is 7.80. The predicted molar refractivity (Wildman–Crippen MR) is 125 cm³/mol. The zero-order valence-electron chi connectivity index (χ0n) is 18.6. The number of alkyl halides is 2. The molecule has 0 fully saturated rings. The number of hydrogen-bond acceptors (Lipinski definition) is 6. The zero-order chi connectivity index (χ0) is 25.9. The van der Waals surface area contributed by atoms with Crippen LogP contribution in [0.3, 0.4) is 0 Å². The summed E-state index contributed by atoms with van der Waals surface area (Å²) in [7, 11) is -3.75. The number of aromatic nitrogens is 2. The smallest absolute Gasteiger partial charge is 0.303 e. The number of benzene rings is 3. The highest BCUT2D eigenvalue weighted by Gasteiger charge is 2.19. The standard InChI is InChI=1S/C25H19F3N2O5S/c26-21-10-9-16(35-15-4-1-5-17(12-15)36(33,34)11-3-8-22(31)32)13-20(21)24-18-6-2-7-19(25(27)28)23(18)29-14-30-24/h1-2,4-7,9-10,12-14,25H,3,8,11H2,(H,31,32). The van der Waals surface area contributed by atoms with Gasteiger partial charge in [-0.15, -0.1) is 0 Å². The molecule has 36 heavy (non-hydrogen) atoms. The number of carboxylic acid groups (broad SMARTS) is 1. The van der Waals surface area contributed by atoms with Gasteiger partial charge in [0.25, 0.3) is 6.43 Å². The molecular formula is C25H19F3N2O5S. The molecule has 0 radical (unpaired) electrons. The first kappa shape index (κ1) is 25.1. The molecule has 3 aromatic carbocycles. The highest BCUT2D eigenvalue weighted by Crippen LogP contribution is 2.35. The molecule has 7 nitrogen and oxygen atoms in total. The molecule has 0 aliphatic rings. The van der Waals surface area contributed by atoms with E-state index in [9.17, 15) is 26.4 Å². The van der Waals surface area contributed by atoms with Gasteiger partial charge >= 0.3 is 5.97 Å². The van der Waals surface area contributed by atoms with Crippen LogP contribution in [0.15, 0.2) is 71.9 Å². The average molecular weight is 516 g/mol. The Hall–Kier alpha value is -3.99. The molecule has 0 saturated carbocycles. The lowest BCUT2D eigenvalue weighted by atomic mass is 10.0. The van der Waals surface area contributed by atoms with Crippen molar-refractivity contribution in [2.24, 2.45) is 0 Å². The van der Waals surface area contributed by atoms with Crippen molar-refractivity contribution in [3.05, 3.63) is 78.4 Å². The van der Waals surface area contributed by atoms with Crippen LogP contribution in [0.25, 0.3) is 22.2 Å². The van der Waals surface area contributed by atoms with Crippen molar-refractivity contribution < 1.29 is 36.2 Å². The van der Waals surface area contributed by atoms with Gasteiger partial charge in [-0.05, 0) is 42.8 Å². The fraction of sp³-hybridized carbons (Fsp3) is 0.160. The van der Waals surface area contributed by atoms with Gasteiger partial charge in [0, 0.05) is 22.9 Å². The van der Waals surface area contributed by atoms with Crippen LogP contribution in [-0.4, -0.2) is 35.2 Å². The summed E-state index contributed by atoms with van der Waals surface area (Å²) in [4.78, 5) is 18.7. The second-order valence-corrected chi connectivity index (χ2v) is 9.91. The monoisotopic (exact) mass is 516 g/mol. The van der Waals surface area contributed by atoms with Gasteiger partial charge in [0.2, 0.25) is 0 Å². The third-order valence-electron chi connectivity index (χ3n) is 5.33. The van der Waals surface area contributed by atoms with Crippen LogP contribution in [0, 0.1) is 5.82 Å². The van der Waals surface area contributed by atoms with E-state index in [1.54, 1.807) is 0 Å². The molecule has 11 heteroatoms. The van der Waals surface area contributed by atoms with Gasteiger partial charge in [0.15, 0.2) is 9.84 Å². The molecular weight excluding hydrogens is 497 g/mol. The molecule has 0 saturated heterocycles. The Morgan fingerprint density at radius 1 is 1.00 bits per heavy atom. The molecule has 0 bridgehead atoms. The van der Waals surface area contributed by atoms with Gasteiger partial charge in [0.1, 0.15) is 23.6 Å². The Bertz CT molecular complexity index is 1540. The van der Waals surface area contributed by atoms with E-state index in [1.807, 2.05) is 0 Å². The summed E-state index contributed by atoms with van der Waals surface area (Å²) < 4.78 is 72.5. The second kappa shape index (κ2) is 10.3. The van der Waals surface area contributed by atoms with E-state index in [0.717, 1.165) is 12.4 Å². The Labute approximate surface area is 204 Å². The lowest BCUT2D eigenvalue weighted by Gasteiger charge is -2.12. The molecule has 1 aromatic heterocycles. The highest BCUT2D eigenvalue weighted by atomic mass is 32.2. The maximum Gasteiger partial charge on any atom is 0.303 e. The van der Waals surface area contributed by atoms with Crippen LogP contribution in [0.4, 0.5) is 13.2 Å². The number of hydrogen-bond donors (Lipinski definition) is 1. The Balaban J connectivity index is 1.66. The first-order chi connectivity index (χ1) is 17.2. The Morgan fingerprint density at radius 2 is 1.75 bits per heavy atom. The number of nitrogens with zero attached hydrogens (tertiary/aromatic N) is 2. The van der Waals surface area contributed by atoms with Crippen LogP contribution in [-0.2, 0) is 14.6 Å². The largest absolute Gasteiger partial charge is 0.481 e. The molecule has 4 aromatic rings. The number of ether oxygens (including phenoxy) is 1. The van der Waals surface area contributed by atoms with E-state index in [1.165, 1.54) is 54.6 Å². The number of carbonyl (C=O) groups is 1. The maximum atomic E-state index is 14.8. The van der Waals surface area contributed by atoms with Gasteiger partial charge in [-0.2, -0.15) is 0 Å². The molecule has 4 rings (SSSR count). The van der Waals surface area contributed by atoms with Crippen LogP contribution >= 0.6 is 0 Å². The van der Waals surface area contributed by atoms with E-state index >= 15 is 0 Å². The summed E-state index contributed by atoms with van der Waals surface area (Å²) in [5.41, 5.74) is -0.210. The van der Waals surface area contributed by atoms with Crippen LogP contribution in [0.5, 0.6) is 11.5 Å². The van der Waals surface area contributed by atoms with Crippen molar-refractivity contribution in [3.63, 3.8) is 0 Å². The minimum atomic E-state index is -3.75. The number of para-hydroxylation sites is 1. The van der Waals surface area contributed by atoms with Crippen LogP contribution in [0.1, 0.15) is 24.8 Å². The van der Waals surface area contributed by atoms with Crippen LogP contribution < -0.4 is 4.74 Å². The topological polar surface area (TPSA) is 106 Å². The van der Waals surface area contributed by atoms with E-state index in [-0.39, 0.29) is 62.7 Å². The number of carboxylic acids is 1. The lowest BCUT2D eigenvalue weighted by molar-refractivity contribution is -0.137. The SMILES string of the molecule is O=C(O)CCCS(=O)(=O)c1cccc(Oc2ccc(F)c(-c3ncnc4c(C(F)F)cccc34)c2)c1. The van der Waals surface area contributed by atoms with Gasteiger partial charge < -0.3 is 9.84 Å². The Kier molecular flexibility index (Phi) is 7.20. The zero-order valence-corrected chi connectivity index (χ0v) is 19.4. The van der Waals surface area contributed by atoms with Gasteiger partial charge in [0.05, 0.1) is 21.9 Å². The molecule has 1 N–H and O–H groups in total. The van der Waals surface area contributed by atoms with E-state index in [0.29, 0.717) is 0 Å². The molecule has 0 unspecified atom stereocenters. The molecule has 0 aliphatic carbocycles. The first-order valence-corrected chi connectivity index (χ1v) is 12.3. The number of sulfone groups is 1. The average Bonchev–Trinajstić information content (AvgIpc) is 2.84. The quantitative estimate of drug-likeness (QED) is 0.299. The Morgan fingerprint density at radius 3 is 2.50 bits per heavy atom. The molecule has 0 atom stereocenters. The fourth-order valence-electron chi connectivity index (χ4n) is 3.65. The number of rotatable bonds is 9. The number of fused-ring (bicyclic) bond motifs is 1. The number of halogens is 3. The summed E-state index contributed by atoms with van der Waals surface area (Å²) in [6.45, 7) is 0. The van der Waals surface area contributed by atoms with Crippen molar-refractivity contribution >= 4 is 26.7 Å². The highest BCUT2D eigenvalue weighted by molar-refractivity contribution is 7.91. The first-order valence-electron chi connectivity index (χ1n) is 10.7. The summed E-state index contributed by atoms with van der Waals surface area (Å²) >= 11 is 0. The van der Waals surface area contributed by atoms with Crippen LogP contribution in [0.2, 0.25) is 0 Å². The summed E-state index contributed by atoms with van der Waals surface area (Å²) in [6, 6.07) is 13.6. The summed E-state index contributed by atoms with van der Waals surface area (Å²) in [6.07, 6.45) is -2.01. The van der Waals surface area contributed by atoms with Crippen molar-refractivity contribution in [2.75, 3.05) is 5.75 Å². The lowest BCUT2D eigenvalue weighted by Crippen LogP contribution is -2.08. The minimum absolute atomic E-state index is 0.00373. The van der Waals surface area contributed by atoms with Gasteiger partial charge in [-0.1, -0.05) is 24.3 Å². The predicted octanol–water partition coefficient (Wildman–Crippen LogP) is 5.80. The minimum Gasteiger partial charge on any atom is -0.481 e. The summed E-state index contributed by atoms with van der Waals surface area (Å²) in [5, 5.41) is 8.96. The fourth-order valence-corrected chi connectivity index (χ4v) is 4.99. The van der Waals surface area contributed by atoms with Gasteiger partial charge in [-0.25, -0.2) is 31.6 Å².